The maximum absolute atomic E-state index is 13.1. The van der Waals surface area contributed by atoms with Crippen LogP contribution in [0.1, 0.15) is 5.56 Å². The predicted octanol–water partition coefficient (Wildman–Crippen LogP) is 3.13. The van der Waals surface area contributed by atoms with Crippen molar-refractivity contribution in [2.45, 2.75) is 11.8 Å². The van der Waals surface area contributed by atoms with Crippen LogP contribution in [0, 0.1) is 6.92 Å². The number of hydrogen-bond acceptors (Lipinski definition) is 5. The van der Waals surface area contributed by atoms with Gasteiger partial charge in [0.05, 0.1) is 24.8 Å². The SMILES string of the molecule is COC(=O)CN(c1cccc(Br)c1)S(=O)(=O)c1ccc(OC)c(C)c1. The molecule has 6 nitrogen and oxygen atoms in total. The molecule has 0 atom stereocenters. The molecule has 0 radical (unpaired) electrons. The van der Waals surface area contributed by atoms with Crippen molar-refractivity contribution in [2.24, 2.45) is 0 Å². The number of nitrogens with zero attached hydrogens (tertiary/aromatic N) is 1. The number of methoxy groups -OCH3 is 2. The van der Waals surface area contributed by atoms with Crippen LogP contribution in [0.4, 0.5) is 5.69 Å². The smallest absolute Gasteiger partial charge is 0.326 e. The third kappa shape index (κ3) is 4.32. The van der Waals surface area contributed by atoms with E-state index in [4.69, 9.17) is 4.74 Å². The zero-order valence-corrected chi connectivity index (χ0v) is 16.4. The summed E-state index contributed by atoms with van der Waals surface area (Å²) in [5.41, 5.74) is 1.03. The highest BCUT2D eigenvalue weighted by Gasteiger charge is 2.28. The first-order valence-corrected chi connectivity index (χ1v) is 9.52. The summed E-state index contributed by atoms with van der Waals surface area (Å²) in [6.07, 6.45) is 0. The van der Waals surface area contributed by atoms with Gasteiger partial charge in [-0.2, -0.15) is 0 Å². The lowest BCUT2D eigenvalue weighted by molar-refractivity contribution is -0.138. The minimum atomic E-state index is -3.97. The van der Waals surface area contributed by atoms with Crippen LogP contribution in [0.15, 0.2) is 51.8 Å². The van der Waals surface area contributed by atoms with Crippen molar-refractivity contribution in [3.8, 4) is 5.75 Å². The fourth-order valence-corrected chi connectivity index (χ4v) is 4.14. The van der Waals surface area contributed by atoms with Crippen LogP contribution in [-0.4, -0.2) is 35.2 Å². The maximum Gasteiger partial charge on any atom is 0.326 e. The third-order valence-electron chi connectivity index (χ3n) is 3.55. The minimum absolute atomic E-state index is 0.0645. The molecule has 0 spiro atoms. The van der Waals surface area contributed by atoms with E-state index in [0.29, 0.717) is 21.5 Å². The third-order valence-corrected chi connectivity index (χ3v) is 5.81. The normalized spacial score (nSPS) is 11.0. The van der Waals surface area contributed by atoms with Gasteiger partial charge in [-0.15, -0.1) is 0 Å². The molecule has 0 bridgehead atoms. The van der Waals surface area contributed by atoms with E-state index in [2.05, 4.69) is 20.7 Å². The monoisotopic (exact) mass is 427 g/mol. The number of ether oxygens (including phenoxy) is 2. The predicted molar refractivity (Wildman–Crippen MR) is 98.4 cm³/mol. The highest BCUT2D eigenvalue weighted by atomic mass is 79.9. The number of rotatable bonds is 6. The molecule has 0 aliphatic heterocycles. The number of esters is 1. The average molecular weight is 428 g/mol. The second kappa shape index (κ2) is 7.88. The fourth-order valence-electron chi connectivity index (χ4n) is 2.27. The molecule has 2 aromatic rings. The zero-order valence-electron chi connectivity index (χ0n) is 14.0. The summed E-state index contributed by atoms with van der Waals surface area (Å²) in [4.78, 5) is 11.8. The molecule has 0 N–H and O–H groups in total. The highest BCUT2D eigenvalue weighted by molar-refractivity contribution is 9.10. The summed E-state index contributed by atoms with van der Waals surface area (Å²) in [6.45, 7) is 1.32. The molecular weight excluding hydrogens is 410 g/mol. The summed E-state index contributed by atoms with van der Waals surface area (Å²) in [6, 6.07) is 11.2. The number of benzene rings is 2. The number of aryl methyl sites for hydroxylation is 1. The lowest BCUT2D eigenvalue weighted by atomic mass is 10.2. The van der Waals surface area contributed by atoms with Gasteiger partial charge >= 0.3 is 5.97 Å². The molecule has 8 heteroatoms. The first kappa shape index (κ1) is 19.3. The molecule has 2 aromatic carbocycles. The second-order valence-electron chi connectivity index (χ2n) is 5.20. The van der Waals surface area contributed by atoms with Gasteiger partial charge in [-0.25, -0.2) is 8.42 Å². The van der Waals surface area contributed by atoms with E-state index in [-0.39, 0.29) is 4.90 Å². The summed E-state index contributed by atoms with van der Waals surface area (Å²) in [7, 11) is -1.24. The molecule has 0 unspecified atom stereocenters. The van der Waals surface area contributed by atoms with Crippen LogP contribution < -0.4 is 9.04 Å². The zero-order chi connectivity index (χ0) is 18.6. The molecule has 25 heavy (non-hydrogen) atoms. The Balaban J connectivity index is 2.55. The van der Waals surface area contributed by atoms with Crippen molar-refractivity contribution >= 4 is 37.6 Å². The van der Waals surface area contributed by atoms with Crippen LogP contribution in [0.2, 0.25) is 0 Å². The molecule has 0 aliphatic carbocycles. The Bertz CT molecular complexity index is 882. The van der Waals surface area contributed by atoms with Crippen LogP contribution >= 0.6 is 15.9 Å². The summed E-state index contributed by atoms with van der Waals surface area (Å²) >= 11 is 3.31. The van der Waals surface area contributed by atoms with Gasteiger partial charge in [0, 0.05) is 4.47 Å². The second-order valence-corrected chi connectivity index (χ2v) is 7.98. The Morgan fingerprint density at radius 2 is 1.88 bits per heavy atom. The molecule has 0 heterocycles. The molecule has 0 fully saturated rings. The lowest BCUT2D eigenvalue weighted by Crippen LogP contribution is -2.36. The van der Waals surface area contributed by atoms with E-state index in [0.717, 1.165) is 4.31 Å². The van der Waals surface area contributed by atoms with Crippen molar-refractivity contribution in [2.75, 3.05) is 25.1 Å². The van der Waals surface area contributed by atoms with Crippen LogP contribution in [-0.2, 0) is 19.6 Å². The fraction of sp³-hybridized carbons (Fsp3) is 0.235. The van der Waals surface area contributed by atoms with Gasteiger partial charge in [-0.05, 0) is 48.9 Å². The van der Waals surface area contributed by atoms with Crippen LogP contribution in [0.3, 0.4) is 0 Å². The molecule has 0 aliphatic rings. The summed E-state index contributed by atoms with van der Waals surface area (Å²) in [5.74, 6) is -0.0743. The van der Waals surface area contributed by atoms with Crippen molar-refractivity contribution < 1.29 is 22.7 Å². The van der Waals surface area contributed by atoms with Gasteiger partial charge in [-0.3, -0.25) is 9.10 Å². The van der Waals surface area contributed by atoms with Crippen molar-refractivity contribution in [1.29, 1.82) is 0 Å². The highest BCUT2D eigenvalue weighted by Crippen LogP contribution is 2.28. The van der Waals surface area contributed by atoms with Gasteiger partial charge in [0.1, 0.15) is 12.3 Å². The van der Waals surface area contributed by atoms with Gasteiger partial charge in [0.25, 0.3) is 10.0 Å². The molecule has 134 valence electrons. The van der Waals surface area contributed by atoms with E-state index in [1.165, 1.54) is 26.4 Å². The van der Waals surface area contributed by atoms with E-state index in [1.54, 1.807) is 37.3 Å². The Morgan fingerprint density at radius 1 is 1.16 bits per heavy atom. The van der Waals surface area contributed by atoms with Crippen molar-refractivity contribution in [3.05, 3.63) is 52.5 Å². The maximum atomic E-state index is 13.1. The number of anilines is 1. The van der Waals surface area contributed by atoms with Gasteiger partial charge in [0.2, 0.25) is 0 Å². The Kier molecular flexibility index (Phi) is 6.07. The van der Waals surface area contributed by atoms with Crippen LogP contribution in [0.25, 0.3) is 0 Å². The van der Waals surface area contributed by atoms with Crippen molar-refractivity contribution in [3.63, 3.8) is 0 Å². The first-order chi connectivity index (χ1) is 11.8. The summed E-state index contributed by atoms with van der Waals surface area (Å²) in [5, 5.41) is 0. The molecule has 0 amide bonds. The molecule has 0 saturated heterocycles. The van der Waals surface area contributed by atoms with E-state index >= 15 is 0 Å². The largest absolute Gasteiger partial charge is 0.496 e. The average Bonchev–Trinajstić information content (AvgIpc) is 2.59. The van der Waals surface area contributed by atoms with Gasteiger partial charge in [-0.1, -0.05) is 22.0 Å². The number of halogens is 1. The molecule has 0 aromatic heterocycles. The standard InChI is InChI=1S/C17H18BrNO5S/c1-12-9-15(7-8-16(12)23-2)25(21,22)19(11-17(20)24-3)14-6-4-5-13(18)10-14/h4-10H,11H2,1-3H3. The van der Waals surface area contributed by atoms with E-state index in [1.807, 2.05) is 0 Å². The molecule has 0 saturated carbocycles. The Labute approximate surface area is 155 Å². The summed E-state index contributed by atoms with van der Waals surface area (Å²) < 4.78 is 37.7. The number of hydrogen-bond donors (Lipinski definition) is 0. The Hall–Kier alpha value is -2.06. The Morgan fingerprint density at radius 3 is 2.44 bits per heavy atom. The number of sulfonamides is 1. The van der Waals surface area contributed by atoms with Crippen LogP contribution in [0.5, 0.6) is 5.75 Å². The van der Waals surface area contributed by atoms with E-state index < -0.39 is 22.5 Å². The van der Waals surface area contributed by atoms with Gasteiger partial charge < -0.3 is 9.47 Å². The van der Waals surface area contributed by atoms with Crippen molar-refractivity contribution in [1.82, 2.24) is 0 Å². The molecule has 2 rings (SSSR count). The van der Waals surface area contributed by atoms with Gasteiger partial charge in [0.15, 0.2) is 0 Å². The molecular formula is C17H18BrNO5S. The number of carbonyl (C=O) groups is 1. The lowest BCUT2D eigenvalue weighted by Gasteiger charge is -2.24. The first-order valence-electron chi connectivity index (χ1n) is 7.29. The minimum Gasteiger partial charge on any atom is -0.496 e. The quantitative estimate of drug-likeness (QED) is 0.662. The van der Waals surface area contributed by atoms with E-state index in [9.17, 15) is 13.2 Å². The topological polar surface area (TPSA) is 72.9 Å². The number of carbonyl (C=O) groups excluding carboxylic acids is 1.